The van der Waals surface area contributed by atoms with E-state index in [2.05, 4.69) is 21.7 Å². The van der Waals surface area contributed by atoms with Crippen molar-refractivity contribution >= 4 is 38.1 Å². The third kappa shape index (κ3) is 4.94. The zero-order valence-corrected chi connectivity index (χ0v) is 17.0. The summed E-state index contributed by atoms with van der Waals surface area (Å²) in [5.41, 5.74) is 4.30. The largest absolute Gasteiger partial charge is 0.347 e. The summed E-state index contributed by atoms with van der Waals surface area (Å²) < 4.78 is 22.5. The predicted molar refractivity (Wildman–Crippen MR) is 110 cm³/mol. The Kier molecular flexibility index (Phi) is 5.78. The number of rotatable bonds is 6. The van der Waals surface area contributed by atoms with Gasteiger partial charge in [0, 0.05) is 17.6 Å². The molecule has 9 heteroatoms. The fraction of sp³-hybridized carbons (Fsp3) is 0.158. The summed E-state index contributed by atoms with van der Waals surface area (Å²) in [6, 6.07) is 12.1. The summed E-state index contributed by atoms with van der Waals surface area (Å²) in [5.74, 6) is -0.305. The molecule has 0 atom stereocenters. The molecule has 1 heterocycles. The maximum absolute atomic E-state index is 12.3. The van der Waals surface area contributed by atoms with Gasteiger partial charge in [0.1, 0.15) is 5.69 Å². The topological polar surface area (TPSA) is 114 Å². The number of nitrogens with one attached hydrogen (secondary N) is 2. The summed E-state index contributed by atoms with van der Waals surface area (Å²) in [5, 5.41) is 13.4. The monoisotopic (exact) mass is 416 g/mol. The molecular formula is C19H20N4O3S2. The van der Waals surface area contributed by atoms with Crippen LogP contribution in [0.3, 0.4) is 0 Å². The Hall–Kier alpha value is -2.75. The van der Waals surface area contributed by atoms with E-state index < -0.39 is 10.0 Å². The second-order valence-electron chi connectivity index (χ2n) is 6.35. The van der Waals surface area contributed by atoms with E-state index in [-0.39, 0.29) is 17.3 Å². The number of hydrogen-bond acceptors (Lipinski definition) is 6. The highest BCUT2D eigenvalue weighted by Crippen LogP contribution is 2.24. The number of aromatic nitrogens is 1. The highest BCUT2D eigenvalue weighted by atomic mass is 32.2. The highest BCUT2D eigenvalue weighted by Gasteiger charge is 2.12. The Balaban J connectivity index is 1.61. The molecule has 0 bridgehead atoms. The number of aryl methyl sites for hydroxylation is 2. The SMILES string of the molecule is Cc1ccc(Nc2nc(C(=O)NCc3ccc(S(N)(=O)=O)cc3)cs2)c(C)c1. The smallest absolute Gasteiger partial charge is 0.271 e. The molecule has 1 amide bonds. The van der Waals surface area contributed by atoms with Crippen molar-refractivity contribution in [3.05, 3.63) is 70.2 Å². The summed E-state index contributed by atoms with van der Waals surface area (Å²) in [4.78, 5) is 16.7. The number of anilines is 2. The first-order valence-corrected chi connectivity index (χ1v) is 10.8. The Labute approximate surface area is 167 Å². The van der Waals surface area contributed by atoms with Gasteiger partial charge in [-0.2, -0.15) is 0 Å². The normalized spacial score (nSPS) is 11.2. The van der Waals surface area contributed by atoms with Crippen LogP contribution in [0.5, 0.6) is 0 Å². The van der Waals surface area contributed by atoms with Gasteiger partial charge < -0.3 is 10.6 Å². The van der Waals surface area contributed by atoms with Gasteiger partial charge in [0.25, 0.3) is 5.91 Å². The average Bonchev–Trinajstić information content (AvgIpc) is 3.10. The van der Waals surface area contributed by atoms with Crippen LogP contribution in [0, 0.1) is 13.8 Å². The number of nitrogens with zero attached hydrogens (tertiary/aromatic N) is 1. The van der Waals surface area contributed by atoms with Gasteiger partial charge in [-0.15, -0.1) is 11.3 Å². The minimum absolute atomic E-state index is 0.0317. The van der Waals surface area contributed by atoms with E-state index in [1.165, 1.54) is 29.0 Å². The summed E-state index contributed by atoms with van der Waals surface area (Å²) in [7, 11) is -3.73. The van der Waals surface area contributed by atoms with E-state index in [9.17, 15) is 13.2 Å². The van der Waals surface area contributed by atoms with Gasteiger partial charge in [0.15, 0.2) is 5.13 Å². The molecule has 3 rings (SSSR count). The second-order valence-corrected chi connectivity index (χ2v) is 8.77. The molecule has 146 valence electrons. The second kappa shape index (κ2) is 8.09. The summed E-state index contributed by atoms with van der Waals surface area (Å²) >= 11 is 1.35. The minimum atomic E-state index is -3.73. The molecule has 0 aliphatic heterocycles. The predicted octanol–water partition coefficient (Wildman–Crippen LogP) is 3.08. The molecule has 7 nitrogen and oxygen atoms in total. The lowest BCUT2D eigenvalue weighted by Gasteiger charge is -2.07. The number of hydrogen-bond donors (Lipinski definition) is 3. The molecular weight excluding hydrogens is 396 g/mol. The van der Waals surface area contributed by atoms with Crippen LogP contribution in [0.25, 0.3) is 0 Å². The van der Waals surface area contributed by atoms with Gasteiger partial charge in [-0.3, -0.25) is 4.79 Å². The molecule has 0 aliphatic rings. The van der Waals surface area contributed by atoms with Crippen LogP contribution in [0.15, 0.2) is 52.7 Å². The number of amides is 1. The lowest BCUT2D eigenvalue weighted by Crippen LogP contribution is -2.23. The van der Waals surface area contributed by atoms with Gasteiger partial charge in [0.05, 0.1) is 4.90 Å². The van der Waals surface area contributed by atoms with Crippen molar-refractivity contribution in [2.24, 2.45) is 5.14 Å². The van der Waals surface area contributed by atoms with Crippen molar-refractivity contribution in [2.45, 2.75) is 25.3 Å². The van der Waals surface area contributed by atoms with E-state index in [1.807, 2.05) is 26.0 Å². The first kappa shape index (κ1) is 20.0. The van der Waals surface area contributed by atoms with Crippen LogP contribution in [-0.4, -0.2) is 19.3 Å². The molecule has 0 saturated heterocycles. The summed E-state index contributed by atoms with van der Waals surface area (Å²) in [6.07, 6.45) is 0. The highest BCUT2D eigenvalue weighted by molar-refractivity contribution is 7.89. The number of sulfonamides is 1. The third-order valence-electron chi connectivity index (χ3n) is 4.07. The van der Waals surface area contributed by atoms with Crippen molar-refractivity contribution in [3.63, 3.8) is 0 Å². The van der Waals surface area contributed by atoms with Crippen LogP contribution in [0.4, 0.5) is 10.8 Å². The van der Waals surface area contributed by atoms with E-state index >= 15 is 0 Å². The Bertz CT molecular complexity index is 1110. The standard InChI is InChI=1S/C19H20N4O3S2/c1-12-3-8-16(13(2)9-12)22-19-23-17(11-27-19)18(24)21-10-14-4-6-15(7-5-14)28(20,25)26/h3-9,11H,10H2,1-2H3,(H,21,24)(H,22,23)(H2,20,25,26). The third-order valence-corrected chi connectivity index (χ3v) is 5.75. The maximum atomic E-state index is 12.3. The van der Waals surface area contributed by atoms with Crippen LogP contribution in [-0.2, 0) is 16.6 Å². The van der Waals surface area contributed by atoms with Gasteiger partial charge >= 0.3 is 0 Å². The van der Waals surface area contributed by atoms with Crippen molar-refractivity contribution in [1.29, 1.82) is 0 Å². The molecule has 0 aliphatic carbocycles. The molecule has 2 aromatic carbocycles. The average molecular weight is 417 g/mol. The van der Waals surface area contributed by atoms with E-state index in [0.29, 0.717) is 10.8 Å². The van der Waals surface area contributed by atoms with Crippen molar-refractivity contribution in [3.8, 4) is 0 Å². The first-order chi connectivity index (χ1) is 13.2. The number of primary sulfonamides is 1. The van der Waals surface area contributed by atoms with Gasteiger partial charge in [-0.1, -0.05) is 29.8 Å². The van der Waals surface area contributed by atoms with Crippen LogP contribution in [0.1, 0.15) is 27.2 Å². The van der Waals surface area contributed by atoms with Crippen LogP contribution < -0.4 is 15.8 Å². The Morgan fingerprint density at radius 1 is 1.14 bits per heavy atom. The quantitative estimate of drug-likeness (QED) is 0.571. The molecule has 1 aromatic heterocycles. The number of nitrogens with two attached hydrogens (primary N) is 1. The maximum Gasteiger partial charge on any atom is 0.271 e. The zero-order chi connectivity index (χ0) is 20.3. The molecule has 0 fully saturated rings. The number of benzene rings is 2. The summed E-state index contributed by atoms with van der Waals surface area (Å²) in [6.45, 7) is 4.30. The molecule has 0 saturated carbocycles. The molecule has 3 aromatic rings. The zero-order valence-electron chi connectivity index (χ0n) is 15.4. The van der Waals surface area contributed by atoms with E-state index in [0.717, 1.165) is 16.8 Å². The molecule has 4 N–H and O–H groups in total. The van der Waals surface area contributed by atoms with Crippen molar-refractivity contribution in [2.75, 3.05) is 5.32 Å². The molecule has 0 spiro atoms. The lowest BCUT2D eigenvalue weighted by atomic mass is 10.1. The number of carbonyl (C=O) groups is 1. The fourth-order valence-electron chi connectivity index (χ4n) is 2.57. The van der Waals surface area contributed by atoms with Crippen LogP contribution in [0.2, 0.25) is 0 Å². The van der Waals surface area contributed by atoms with Crippen molar-refractivity contribution < 1.29 is 13.2 Å². The Morgan fingerprint density at radius 2 is 1.86 bits per heavy atom. The van der Waals surface area contributed by atoms with E-state index in [1.54, 1.807) is 17.5 Å². The lowest BCUT2D eigenvalue weighted by molar-refractivity contribution is 0.0946. The molecule has 28 heavy (non-hydrogen) atoms. The van der Waals surface area contributed by atoms with Crippen molar-refractivity contribution in [1.82, 2.24) is 10.3 Å². The first-order valence-electron chi connectivity index (χ1n) is 8.42. The molecule has 0 unspecified atom stereocenters. The number of thiazole rings is 1. The Morgan fingerprint density at radius 3 is 2.50 bits per heavy atom. The van der Waals surface area contributed by atoms with Gasteiger partial charge in [-0.25, -0.2) is 18.5 Å². The number of carbonyl (C=O) groups excluding carboxylic acids is 1. The minimum Gasteiger partial charge on any atom is -0.347 e. The fourth-order valence-corrected chi connectivity index (χ4v) is 3.79. The van der Waals surface area contributed by atoms with Gasteiger partial charge in [0.2, 0.25) is 10.0 Å². The van der Waals surface area contributed by atoms with E-state index in [4.69, 9.17) is 5.14 Å². The van der Waals surface area contributed by atoms with Gasteiger partial charge in [-0.05, 0) is 43.2 Å². The molecule has 0 radical (unpaired) electrons. The van der Waals surface area contributed by atoms with Crippen LogP contribution >= 0.6 is 11.3 Å².